The number of alkyl halides is 4. The summed E-state index contributed by atoms with van der Waals surface area (Å²) in [7, 11) is 0. The Morgan fingerprint density at radius 1 is 1.40 bits per heavy atom. The van der Waals surface area contributed by atoms with Crippen LogP contribution in [0.2, 0.25) is 0 Å². The molecular formula is C10H10F4O. The molecule has 4 atom stereocenters. The molecule has 2 aliphatic rings. The van der Waals surface area contributed by atoms with Gasteiger partial charge in [-0.2, -0.15) is 13.2 Å². The lowest BCUT2D eigenvalue weighted by Gasteiger charge is -2.34. The number of carbonyl (C=O) groups excluding carboxylic acids is 1. The lowest BCUT2D eigenvalue weighted by Crippen LogP contribution is -2.52. The summed E-state index contributed by atoms with van der Waals surface area (Å²) >= 11 is 0. The van der Waals surface area contributed by atoms with E-state index in [-0.39, 0.29) is 6.42 Å². The van der Waals surface area contributed by atoms with Crippen molar-refractivity contribution in [1.82, 2.24) is 0 Å². The Bertz CT molecular complexity index is 333. The second-order valence-electron chi connectivity index (χ2n) is 4.25. The first-order valence-corrected chi connectivity index (χ1v) is 4.73. The summed E-state index contributed by atoms with van der Waals surface area (Å²) in [5.74, 6) is -4.03. The van der Waals surface area contributed by atoms with Gasteiger partial charge >= 0.3 is 6.18 Å². The smallest absolute Gasteiger partial charge is 0.300 e. The van der Waals surface area contributed by atoms with E-state index in [0.29, 0.717) is 0 Å². The summed E-state index contributed by atoms with van der Waals surface area (Å²) in [5, 5.41) is 0. The molecule has 0 aromatic rings. The highest BCUT2D eigenvalue weighted by Gasteiger charge is 2.71. The van der Waals surface area contributed by atoms with Crippen molar-refractivity contribution in [1.29, 1.82) is 0 Å². The summed E-state index contributed by atoms with van der Waals surface area (Å²) in [4.78, 5) is 11.1. The largest absolute Gasteiger partial charge is 0.423 e. The Kier molecular flexibility index (Phi) is 2.01. The number of rotatable bonds is 1. The molecule has 0 aliphatic heterocycles. The summed E-state index contributed by atoms with van der Waals surface area (Å²) in [5.41, 5.74) is -3.35. The molecule has 2 rings (SSSR count). The van der Waals surface area contributed by atoms with Crippen molar-refractivity contribution in [2.75, 3.05) is 0 Å². The third-order valence-corrected chi connectivity index (χ3v) is 3.41. The highest BCUT2D eigenvalue weighted by molar-refractivity contribution is 5.81. The molecule has 0 saturated heterocycles. The maximum Gasteiger partial charge on any atom is 0.423 e. The minimum absolute atomic E-state index is 0.0975. The zero-order valence-electron chi connectivity index (χ0n) is 8.01. The van der Waals surface area contributed by atoms with Crippen molar-refractivity contribution in [3.8, 4) is 0 Å². The van der Waals surface area contributed by atoms with Crippen molar-refractivity contribution < 1.29 is 22.4 Å². The molecule has 0 spiro atoms. The minimum Gasteiger partial charge on any atom is -0.300 e. The molecule has 1 nitrogen and oxygen atoms in total. The molecule has 1 saturated carbocycles. The number of hydrogen-bond acceptors (Lipinski definition) is 1. The Morgan fingerprint density at radius 2 is 2.00 bits per heavy atom. The van der Waals surface area contributed by atoms with Gasteiger partial charge in [-0.15, -0.1) is 0 Å². The quantitative estimate of drug-likeness (QED) is 0.492. The Labute approximate surface area is 84.1 Å². The van der Waals surface area contributed by atoms with Crippen LogP contribution in [0.25, 0.3) is 0 Å². The van der Waals surface area contributed by atoms with E-state index in [0.717, 1.165) is 6.92 Å². The van der Waals surface area contributed by atoms with Crippen LogP contribution in [-0.2, 0) is 4.79 Å². The molecule has 0 radical (unpaired) electrons. The zero-order valence-corrected chi connectivity index (χ0v) is 8.01. The van der Waals surface area contributed by atoms with Crippen LogP contribution in [0, 0.1) is 17.8 Å². The Hall–Kier alpha value is -0.870. The van der Waals surface area contributed by atoms with Gasteiger partial charge in [-0.3, -0.25) is 4.79 Å². The standard InChI is InChI=1S/C10H10F4O/c1-5(15)8-6-2-3-7(4-6)9(8,11)10(12,13)14/h2-3,6-8H,4H2,1H3. The minimum atomic E-state index is -4.96. The second kappa shape index (κ2) is 2.83. The van der Waals surface area contributed by atoms with Crippen molar-refractivity contribution in [2.45, 2.75) is 25.2 Å². The van der Waals surface area contributed by atoms with Gasteiger partial charge in [-0.1, -0.05) is 12.2 Å². The predicted octanol–water partition coefficient (Wildman–Crippen LogP) is 2.67. The van der Waals surface area contributed by atoms with Crippen LogP contribution in [0.1, 0.15) is 13.3 Å². The van der Waals surface area contributed by atoms with Gasteiger partial charge in [0.25, 0.3) is 0 Å². The van der Waals surface area contributed by atoms with Gasteiger partial charge in [0.2, 0.25) is 5.67 Å². The van der Waals surface area contributed by atoms with Crippen LogP contribution in [0.3, 0.4) is 0 Å². The normalized spacial score (nSPS) is 43.7. The number of allylic oxidation sites excluding steroid dienone is 2. The maximum absolute atomic E-state index is 14.0. The number of hydrogen-bond donors (Lipinski definition) is 0. The molecule has 0 heterocycles. The molecule has 15 heavy (non-hydrogen) atoms. The van der Waals surface area contributed by atoms with E-state index in [9.17, 15) is 22.4 Å². The Balaban J connectivity index is 2.46. The van der Waals surface area contributed by atoms with Crippen molar-refractivity contribution in [3.05, 3.63) is 12.2 Å². The van der Waals surface area contributed by atoms with Gasteiger partial charge in [0, 0.05) is 5.92 Å². The van der Waals surface area contributed by atoms with E-state index >= 15 is 0 Å². The van der Waals surface area contributed by atoms with E-state index in [2.05, 4.69) is 0 Å². The summed E-state index contributed by atoms with van der Waals surface area (Å²) in [6.45, 7) is 1.03. The van der Waals surface area contributed by atoms with Gasteiger partial charge < -0.3 is 0 Å². The predicted molar refractivity (Wildman–Crippen MR) is 44.8 cm³/mol. The lowest BCUT2D eigenvalue weighted by molar-refractivity contribution is -0.251. The fraction of sp³-hybridized carbons (Fsp3) is 0.700. The lowest BCUT2D eigenvalue weighted by atomic mass is 9.77. The van der Waals surface area contributed by atoms with E-state index in [1.165, 1.54) is 12.2 Å². The van der Waals surface area contributed by atoms with Crippen molar-refractivity contribution in [3.63, 3.8) is 0 Å². The van der Waals surface area contributed by atoms with E-state index in [4.69, 9.17) is 0 Å². The molecule has 4 unspecified atom stereocenters. The molecule has 2 bridgehead atoms. The third kappa shape index (κ3) is 1.18. The third-order valence-electron chi connectivity index (χ3n) is 3.41. The van der Waals surface area contributed by atoms with Crippen LogP contribution < -0.4 is 0 Å². The first-order valence-electron chi connectivity index (χ1n) is 4.73. The topological polar surface area (TPSA) is 17.1 Å². The van der Waals surface area contributed by atoms with Crippen LogP contribution >= 0.6 is 0 Å². The van der Waals surface area contributed by atoms with Crippen LogP contribution in [0.4, 0.5) is 17.6 Å². The van der Waals surface area contributed by atoms with E-state index < -0.39 is 35.4 Å². The Morgan fingerprint density at radius 3 is 2.40 bits per heavy atom. The summed E-state index contributed by atoms with van der Waals surface area (Å²) in [6, 6.07) is 0. The average Bonchev–Trinajstić information content (AvgIpc) is 2.59. The SMILES string of the molecule is CC(=O)C1C2C=CC(C2)C1(F)C(F)(F)F. The molecule has 0 amide bonds. The number of Topliss-reactive ketones (excluding diaryl/α,β-unsaturated/α-hetero) is 1. The van der Waals surface area contributed by atoms with Gasteiger partial charge in [-0.05, 0) is 19.3 Å². The van der Waals surface area contributed by atoms with E-state index in [1.807, 2.05) is 0 Å². The molecular weight excluding hydrogens is 212 g/mol. The first-order chi connectivity index (χ1) is 6.78. The average molecular weight is 222 g/mol. The fourth-order valence-corrected chi connectivity index (χ4v) is 2.81. The molecule has 0 aromatic heterocycles. The highest BCUT2D eigenvalue weighted by atomic mass is 19.4. The second-order valence-corrected chi connectivity index (χ2v) is 4.25. The molecule has 2 aliphatic carbocycles. The fourth-order valence-electron chi connectivity index (χ4n) is 2.81. The molecule has 84 valence electrons. The first kappa shape index (κ1) is 10.6. The van der Waals surface area contributed by atoms with Crippen LogP contribution in [0.5, 0.6) is 0 Å². The van der Waals surface area contributed by atoms with Crippen molar-refractivity contribution in [2.24, 2.45) is 17.8 Å². The van der Waals surface area contributed by atoms with Gasteiger partial charge in [0.05, 0.1) is 5.92 Å². The van der Waals surface area contributed by atoms with E-state index in [1.54, 1.807) is 0 Å². The maximum atomic E-state index is 14.0. The molecule has 5 heteroatoms. The van der Waals surface area contributed by atoms with Crippen molar-refractivity contribution >= 4 is 5.78 Å². The monoisotopic (exact) mass is 222 g/mol. The molecule has 0 aromatic carbocycles. The molecule has 1 fully saturated rings. The number of halogens is 4. The van der Waals surface area contributed by atoms with Gasteiger partial charge in [0.15, 0.2) is 0 Å². The van der Waals surface area contributed by atoms with Gasteiger partial charge in [0.1, 0.15) is 5.78 Å². The zero-order chi connectivity index (χ0) is 11.4. The number of carbonyl (C=O) groups is 1. The van der Waals surface area contributed by atoms with Crippen LogP contribution in [-0.4, -0.2) is 17.6 Å². The summed E-state index contributed by atoms with van der Waals surface area (Å²) < 4.78 is 52.0. The highest BCUT2D eigenvalue weighted by Crippen LogP contribution is 2.59. The number of fused-ring (bicyclic) bond motifs is 2. The summed E-state index contributed by atoms with van der Waals surface area (Å²) in [6.07, 6.45) is -2.09. The molecule has 0 N–H and O–H groups in total. The number of ketones is 1. The van der Waals surface area contributed by atoms with Gasteiger partial charge in [-0.25, -0.2) is 4.39 Å². The van der Waals surface area contributed by atoms with Crippen LogP contribution in [0.15, 0.2) is 12.2 Å².